The lowest BCUT2D eigenvalue weighted by Gasteiger charge is -2.29. The molecule has 0 spiro atoms. The van der Waals surface area contributed by atoms with Gasteiger partial charge in [-0.15, -0.1) is 0 Å². The van der Waals surface area contributed by atoms with Crippen molar-refractivity contribution >= 4 is 21.6 Å². The van der Waals surface area contributed by atoms with E-state index in [1.54, 1.807) is 43.3 Å². The van der Waals surface area contributed by atoms with Crippen LogP contribution in [-0.4, -0.2) is 26.6 Å². The lowest BCUT2D eigenvalue weighted by molar-refractivity contribution is -0.122. The van der Waals surface area contributed by atoms with Gasteiger partial charge in [0.25, 0.3) is 0 Å². The molecular weight excluding hydrogens is 431 g/mol. The van der Waals surface area contributed by atoms with Crippen molar-refractivity contribution in [2.75, 3.05) is 10.6 Å². The van der Waals surface area contributed by atoms with Crippen molar-refractivity contribution in [3.8, 4) is 11.5 Å². The minimum atomic E-state index is -3.76. The summed E-state index contributed by atoms with van der Waals surface area (Å²) in [5.41, 5.74) is 1.05. The van der Waals surface area contributed by atoms with Gasteiger partial charge in [-0.25, -0.2) is 12.8 Å². The van der Waals surface area contributed by atoms with Crippen molar-refractivity contribution in [2.24, 2.45) is 0 Å². The Hall–Kier alpha value is -3.39. The number of carbonyl (C=O) groups excluding carboxylic acids is 1. The molecule has 3 aromatic rings. The number of carbonyl (C=O) groups is 1. The molecule has 0 aliphatic heterocycles. The van der Waals surface area contributed by atoms with E-state index in [0.29, 0.717) is 22.7 Å². The minimum absolute atomic E-state index is 0.338. The van der Waals surface area contributed by atoms with Gasteiger partial charge < -0.3 is 10.1 Å². The van der Waals surface area contributed by atoms with Gasteiger partial charge in [0.1, 0.15) is 23.4 Å². The third-order valence-electron chi connectivity index (χ3n) is 4.89. The highest BCUT2D eigenvalue weighted by Gasteiger charge is 2.30. The summed E-state index contributed by atoms with van der Waals surface area (Å²) in [6, 6.07) is 20.0. The molecule has 6 nitrogen and oxygen atoms in total. The van der Waals surface area contributed by atoms with Gasteiger partial charge in [0.2, 0.25) is 15.9 Å². The second-order valence-electron chi connectivity index (χ2n) is 7.43. The van der Waals surface area contributed by atoms with Gasteiger partial charge in [0.15, 0.2) is 0 Å². The summed E-state index contributed by atoms with van der Waals surface area (Å²) in [5, 5.41) is 2.79. The Kier molecular flexibility index (Phi) is 7.15. The average Bonchev–Trinajstić information content (AvgIpc) is 2.75. The first-order chi connectivity index (χ1) is 15.1. The van der Waals surface area contributed by atoms with E-state index in [4.69, 9.17) is 4.74 Å². The van der Waals surface area contributed by atoms with Gasteiger partial charge in [-0.05, 0) is 67.9 Å². The molecule has 2 atom stereocenters. The van der Waals surface area contributed by atoms with E-state index in [9.17, 15) is 17.6 Å². The maximum Gasteiger partial charge on any atom is 0.244 e. The number of nitrogens with one attached hydrogen (secondary N) is 1. The summed E-state index contributed by atoms with van der Waals surface area (Å²) in [6.07, 6.45) is 1.05. The third-order valence-corrected chi connectivity index (χ3v) is 6.13. The first-order valence-electron chi connectivity index (χ1n) is 10.0. The number of anilines is 1. The maximum atomic E-state index is 13.1. The average molecular weight is 457 g/mol. The molecule has 0 radical (unpaired) electrons. The van der Waals surface area contributed by atoms with Crippen LogP contribution in [0.3, 0.4) is 0 Å². The molecule has 0 aliphatic rings. The highest BCUT2D eigenvalue weighted by atomic mass is 32.2. The fourth-order valence-corrected chi connectivity index (χ4v) is 4.44. The van der Waals surface area contributed by atoms with Crippen molar-refractivity contribution in [2.45, 2.75) is 25.9 Å². The molecule has 3 aromatic carbocycles. The van der Waals surface area contributed by atoms with E-state index < -0.39 is 28.0 Å². The predicted molar refractivity (Wildman–Crippen MR) is 123 cm³/mol. The fraction of sp³-hybridized carbons (Fsp3) is 0.208. The standard InChI is InChI=1S/C24H25FN2O4S/c1-17(19-9-11-20(25)12-10-19)26-24(28)18(2)27(32(3,29)30)21-13-15-23(16-14-21)31-22-7-5-4-6-8-22/h4-18H,1-3H3,(H,26,28)/t17-,18+/m1/s1. The van der Waals surface area contributed by atoms with Gasteiger partial charge in [-0.2, -0.15) is 0 Å². The van der Waals surface area contributed by atoms with Crippen LogP contribution >= 0.6 is 0 Å². The van der Waals surface area contributed by atoms with Crippen molar-refractivity contribution < 1.29 is 22.3 Å². The monoisotopic (exact) mass is 456 g/mol. The Morgan fingerprint density at radius 3 is 2.03 bits per heavy atom. The molecule has 1 N–H and O–H groups in total. The van der Waals surface area contributed by atoms with E-state index in [-0.39, 0.29) is 5.82 Å². The smallest absolute Gasteiger partial charge is 0.244 e. The number of ether oxygens (including phenoxy) is 1. The van der Waals surface area contributed by atoms with Crippen LogP contribution < -0.4 is 14.4 Å². The van der Waals surface area contributed by atoms with Gasteiger partial charge in [-0.3, -0.25) is 9.10 Å². The Labute approximate surface area is 187 Å². The number of sulfonamides is 1. The molecule has 8 heteroatoms. The fourth-order valence-electron chi connectivity index (χ4n) is 3.26. The molecule has 0 saturated carbocycles. The van der Waals surface area contributed by atoms with Crippen LogP contribution in [0, 0.1) is 5.82 Å². The SMILES string of the molecule is C[C@@H](NC(=O)[C@H](C)N(c1ccc(Oc2ccccc2)cc1)S(C)(=O)=O)c1ccc(F)cc1. The lowest BCUT2D eigenvalue weighted by atomic mass is 10.1. The second kappa shape index (κ2) is 9.82. The van der Waals surface area contributed by atoms with Crippen molar-refractivity contribution in [3.05, 3.63) is 90.2 Å². The first-order valence-corrected chi connectivity index (χ1v) is 11.9. The highest BCUT2D eigenvalue weighted by Crippen LogP contribution is 2.27. The largest absolute Gasteiger partial charge is 0.457 e. The Balaban J connectivity index is 1.76. The minimum Gasteiger partial charge on any atom is -0.457 e. The zero-order valence-electron chi connectivity index (χ0n) is 18.0. The van der Waals surface area contributed by atoms with Crippen LogP contribution in [0.25, 0.3) is 0 Å². The molecule has 0 fully saturated rings. The highest BCUT2D eigenvalue weighted by molar-refractivity contribution is 7.92. The quantitative estimate of drug-likeness (QED) is 0.535. The Morgan fingerprint density at radius 2 is 1.47 bits per heavy atom. The molecule has 0 saturated heterocycles. The molecule has 0 unspecified atom stereocenters. The molecule has 0 heterocycles. The van der Waals surface area contributed by atoms with E-state index in [1.165, 1.54) is 19.1 Å². The van der Waals surface area contributed by atoms with Crippen LogP contribution in [0.5, 0.6) is 11.5 Å². The van der Waals surface area contributed by atoms with E-state index in [1.807, 2.05) is 30.3 Å². The normalized spacial score (nSPS) is 13.1. The first kappa shape index (κ1) is 23.3. The van der Waals surface area contributed by atoms with E-state index in [2.05, 4.69) is 5.32 Å². The summed E-state index contributed by atoms with van der Waals surface area (Å²) in [7, 11) is -3.76. The van der Waals surface area contributed by atoms with Gasteiger partial charge >= 0.3 is 0 Å². The molecule has 0 bridgehead atoms. The van der Waals surface area contributed by atoms with Gasteiger partial charge in [-0.1, -0.05) is 30.3 Å². The van der Waals surface area contributed by atoms with Crippen LogP contribution in [0.15, 0.2) is 78.9 Å². The number of amides is 1. The second-order valence-corrected chi connectivity index (χ2v) is 9.29. The number of rotatable bonds is 8. The molecule has 0 aliphatic carbocycles. The van der Waals surface area contributed by atoms with Crippen molar-refractivity contribution in [3.63, 3.8) is 0 Å². The summed E-state index contributed by atoms with van der Waals surface area (Å²) in [6.45, 7) is 3.26. The zero-order valence-corrected chi connectivity index (χ0v) is 18.8. The van der Waals surface area contributed by atoms with E-state index in [0.717, 1.165) is 10.6 Å². The number of hydrogen-bond donors (Lipinski definition) is 1. The van der Waals surface area contributed by atoms with Crippen LogP contribution in [0.4, 0.5) is 10.1 Å². The summed E-state index contributed by atoms with van der Waals surface area (Å²) in [5.74, 6) is 0.346. The molecular formula is C24H25FN2O4S. The molecule has 1 amide bonds. The maximum absolute atomic E-state index is 13.1. The summed E-state index contributed by atoms with van der Waals surface area (Å²) < 4.78 is 45.0. The summed E-state index contributed by atoms with van der Waals surface area (Å²) >= 11 is 0. The topological polar surface area (TPSA) is 75.7 Å². The van der Waals surface area contributed by atoms with Gasteiger partial charge in [0.05, 0.1) is 18.0 Å². The van der Waals surface area contributed by atoms with Crippen molar-refractivity contribution in [1.82, 2.24) is 5.32 Å². The number of halogens is 1. The van der Waals surface area contributed by atoms with E-state index >= 15 is 0 Å². The molecule has 0 aromatic heterocycles. The van der Waals surface area contributed by atoms with Crippen LogP contribution in [-0.2, 0) is 14.8 Å². The van der Waals surface area contributed by atoms with Crippen molar-refractivity contribution in [1.29, 1.82) is 0 Å². The van der Waals surface area contributed by atoms with Gasteiger partial charge in [0, 0.05) is 0 Å². The number of para-hydroxylation sites is 1. The molecule has 3 rings (SSSR count). The predicted octanol–water partition coefficient (Wildman–Crippen LogP) is 4.65. The zero-order chi connectivity index (χ0) is 23.3. The van der Waals surface area contributed by atoms with Crippen LogP contribution in [0.1, 0.15) is 25.5 Å². The number of nitrogens with zero attached hydrogens (tertiary/aromatic N) is 1. The third kappa shape index (κ3) is 5.85. The Bertz CT molecular complexity index is 1150. The number of hydrogen-bond acceptors (Lipinski definition) is 4. The molecule has 32 heavy (non-hydrogen) atoms. The van der Waals surface area contributed by atoms with Crippen LogP contribution in [0.2, 0.25) is 0 Å². The summed E-state index contributed by atoms with van der Waals surface area (Å²) in [4.78, 5) is 12.8. The Morgan fingerprint density at radius 1 is 0.906 bits per heavy atom. The molecule has 168 valence electrons. The number of benzene rings is 3. The lowest BCUT2D eigenvalue weighted by Crippen LogP contribution is -2.48.